The van der Waals surface area contributed by atoms with Gasteiger partial charge in [0.1, 0.15) is 5.60 Å². The molecule has 2 aliphatic carbocycles. The number of hydrogen-bond donors (Lipinski definition) is 2. The second kappa shape index (κ2) is 4.82. The van der Waals surface area contributed by atoms with Gasteiger partial charge in [-0.1, -0.05) is 13.8 Å². The van der Waals surface area contributed by atoms with Gasteiger partial charge in [0, 0.05) is 18.6 Å². The van der Waals surface area contributed by atoms with Gasteiger partial charge in [-0.3, -0.25) is 4.79 Å². The smallest absolute Gasteiger partial charge is 0.252 e. The Labute approximate surface area is 109 Å². The molecule has 0 bridgehead atoms. The van der Waals surface area contributed by atoms with Crippen LogP contribution in [0.4, 0.5) is 0 Å². The molecule has 0 aliphatic heterocycles. The van der Waals surface area contributed by atoms with Crippen LogP contribution < -0.4 is 5.32 Å². The number of aliphatic hydroxyl groups is 1. The van der Waals surface area contributed by atoms with Crippen LogP contribution in [0.25, 0.3) is 0 Å². The van der Waals surface area contributed by atoms with E-state index in [0.717, 1.165) is 25.7 Å². The zero-order chi connectivity index (χ0) is 13.4. The summed E-state index contributed by atoms with van der Waals surface area (Å²) in [7, 11) is 1.74. The maximum atomic E-state index is 12.1. The van der Waals surface area contributed by atoms with Crippen molar-refractivity contribution in [1.82, 2.24) is 5.32 Å². The molecule has 2 rings (SSSR count). The Kier molecular flexibility index (Phi) is 3.70. The van der Waals surface area contributed by atoms with Gasteiger partial charge in [-0.05, 0) is 38.5 Å². The molecule has 0 spiro atoms. The quantitative estimate of drug-likeness (QED) is 0.784. The van der Waals surface area contributed by atoms with E-state index >= 15 is 0 Å². The van der Waals surface area contributed by atoms with E-state index in [9.17, 15) is 9.90 Å². The summed E-state index contributed by atoms with van der Waals surface area (Å²) in [6.45, 7) is 4.29. The third-order valence-electron chi connectivity index (χ3n) is 5.29. The van der Waals surface area contributed by atoms with Crippen molar-refractivity contribution in [2.24, 2.45) is 5.41 Å². The van der Waals surface area contributed by atoms with Gasteiger partial charge in [0.15, 0.2) is 0 Å². The minimum absolute atomic E-state index is 0.0461. The number of methoxy groups -OCH3 is 1. The van der Waals surface area contributed by atoms with Crippen LogP contribution in [-0.2, 0) is 9.53 Å². The summed E-state index contributed by atoms with van der Waals surface area (Å²) in [4.78, 5) is 12.1. The summed E-state index contributed by atoms with van der Waals surface area (Å²) < 4.78 is 5.51. The maximum absolute atomic E-state index is 12.1. The highest BCUT2D eigenvalue weighted by Crippen LogP contribution is 2.49. The fraction of sp³-hybridized carbons (Fsp3) is 0.929. The van der Waals surface area contributed by atoms with E-state index in [4.69, 9.17) is 4.74 Å². The first-order chi connectivity index (χ1) is 8.52. The molecule has 104 valence electrons. The number of amides is 1. The average Bonchev–Trinajstić information content (AvgIpc) is 2.32. The zero-order valence-electron chi connectivity index (χ0n) is 11.7. The third-order valence-corrected chi connectivity index (χ3v) is 5.29. The van der Waals surface area contributed by atoms with Crippen molar-refractivity contribution in [3.05, 3.63) is 0 Å². The molecule has 4 heteroatoms. The van der Waals surface area contributed by atoms with Crippen molar-refractivity contribution < 1.29 is 14.6 Å². The summed E-state index contributed by atoms with van der Waals surface area (Å²) in [5.74, 6) is -0.181. The van der Waals surface area contributed by atoms with E-state index in [1.807, 2.05) is 0 Å². The first kappa shape index (κ1) is 13.8. The summed E-state index contributed by atoms with van der Waals surface area (Å²) >= 11 is 0. The lowest BCUT2D eigenvalue weighted by molar-refractivity contribution is -0.161. The summed E-state index contributed by atoms with van der Waals surface area (Å²) in [5, 5.41) is 13.1. The standard InChI is InChI=1S/C14H25NO3/c1-4-13(5-2)10(9-11(13)18-3)15-12(16)14(17)7-6-8-14/h10-11,17H,4-9H2,1-3H3,(H,15,16)/t10-,11-/m1/s1. The van der Waals surface area contributed by atoms with Crippen LogP contribution in [0.5, 0.6) is 0 Å². The van der Waals surface area contributed by atoms with Gasteiger partial charge < -0.3 is 15.2 Å². The monoisotopic (exact) mass is 255 g/mol. The Morgan fingerprint density at radius 2 is 2.00 bits per heavy atom. The number of carbonyl (C=O) groups is 1. The molecule has 2 atom stereocenters. The van der Waals surface area contributed by atoms with Crippen LogP contribution >= 0.6 is 0 Å². The predicted octanol–water partition coefficient (Wildman–Crippen LogP) is 1.61. The molecule has 2 N–H and O–H groups in total. The van der Waals surface area contributed by atoms with Gasteiger partial charge in [0.2, 0.25) is 0 Å². The lowest BCUT2D eigenvalue weighted by Gasteiger charge is -2.55. The first-order valence-electron chi connectivity index (χ1n) is 7.08. The van der Waals surface area contributed by atoms with Crippen molar-refractivity contribution >= 4 is 5.91 Å². The van der Waals surface area contributed by atoms with Gasteiger partial charge in [-0.25, -0.2) is 0 Å². The average molecular weight is 255 g/mol. The van der Waals surface area contributed by atoms with E-state index in [0.29, 0.717) is 12.8 Å². The SMILES string of the molecule is CCC1(CC)[C@H](NC(=O)C2(O)CCC2)C[C@H]1OC. The number of ether oxygens (including phenoxy) is 1. The van der Waals surface area contributed by atoms with Crippen LogP contribution in [0.3, 0.4) is 0 Å². The third kappa shape index (κ3) is 1.86. The van der Waals surface area contributed by atoms with E-state index in [2.05, 4.69) is 19.2 Å². The fourth-order valence-corrected chi connectivity index (χ4v) is 3.51. The molecule has 0 aromatic heterocycles. The Bertz CT molecular complexity index is 321. The molecule has 0 unspecified atom stereocenters. The molecule has 0 aromatic rings. The van der Waals surface area contributed by atoms with E-state index < -0.39 is 5.60 Å². The van der Waals surface area contributed by atoms with Crippen molar-refractivity contribution in [3.8, 4) is 0 Å². The first-order valence-corrected chi connectivity index (χ1v) is 7.08. The molecular formula is C14H25NO3. The maximum Gasteiger partial charge on any atom is 0.252 e. The predicted molar refractivity (Wildman–Crippen MR) is 69.2 cm³/mol. The molecule has 0 aromatic carbocycles. The number of carbonyl (C=O) groups excluding carboxylic acids is 1. The Hall–Kier alpha value is -0.610. The van der Waals surface area contributed by atoms with Crippen LogP contribution in [0.2, 0.25) is 0 Å². The minimum Gasteiger partial charge on any atom is -0.381 e. The number of rotatable bonds is 5. The largest absolute Gasteiger partial charge is 0.381 e. The lowest BCUT2D eigenvalue weighted by atomic mass is 9.58. The normalized spacial score (nSPS) is 32.2. The summed E-state index contributed by atoms with van der Waals surface area (Å²) in [5.41, 5.74) is -1.05. The minimum atomic E-state index is -1.09. The van der Waals surface area contributed by atoms with Gasteiger partial charge in [0.25, 0.3) is 5.91 Å². The van der Waals surface area contributed by atoms with Crippen molar-refractivity contribution in [2.75, 3.05) is 7.11 Å². The van der Waals surface area contributed by atoms with Gasteiger partial charge in [-0.2, -0.15) is 0 Å². The van der Waals surface area contributed by atoms with Crippen molar-refractivity contribution in [1.29, 1.82) is 0 Å². The lowest BCUT2D eigenvalue weighted by Crippen LogP contribution is -2.67. The van der Waals surface area contributed by atoms with Gasteiger partial charge >= 0.3 is 0 Å². The van der Waals surface area contributed by atoms with Crippen molar-refractivity contribution in [3.63, 3.8) is 0 Å². The summed E-state index contributed by atoms with van der Waals surface area (Å²) in [6.07, 6.45) is 5.22. The molecule has 2 fully saturated rings. The highest BCUT2D eigenvalue weighted by atomic mass is 16.5. The second-order valence-electron chi connectivity index (χ2n) is 5.81. The van der Waals surface area contributed by atoms with E-state index in [1.54, 1.807) is 7.11 Å². The zero-order valence-corrected chi connectivity index (χ0v) is 11.7. The van der Waals surface area contributed by atoms with E-state index in [-0.39, 0.29) is 23.5 Å². The molecule has 0 radical (unpaired) electrons. The molecule has 4 nitrogen and oxygen atoms in total. The van der Waals surface area contributed by atoms with E-state index in [1.165, 1.54) is 0 Å². The molecule has 0 heterocycles. The fourth-order valence-electron chi connectivity index (χ4n) is 3.51. The van der Waals surface area contributed by atoms with Gasteiger partial charge in [-0.15, -0.1) is 0 Å². The van der Waals surface area contributed by atoms with Gasteiger partial charge in [0.05, 0.1) is 6.10 Å². The Morgan fingerprint density at radius 1 is 1.39 bits per heavy atom. The number of nitrogens with one attached hydrogen (secondary N) is 1. The Balaban J connectivity index is 1.99. The molecule has 2 saturated carbocycles. The molecule has 0 saturated heterocycles. The Morgan fingerprint density at radius 3 is 2.39 bits per heavy atom. The van der Waals surface area contributed by atoms with Crippen LogP contribution in [0.1, 0.15) is 52.4 Å². The highest BCUT2D eigenvalue weighted by Gasteiger charge is 2.55. The summed E-state index contributed by atoms with van der Waals surface area (Å²) in [6, 6.07) is 0.148. The topological polar surface area (TPSA) is 58.6 Å². The van der Waals surface area contributed by atoms with Crippen LogP contribution in [0.15, 0.2) is 0 Å². The molecule has 1 amide bonds. The van der Waals surface area contributed by atoms with Crippen LogP contribution in [-0.4, -0.2) is 35.9 Å². The highest BCUT2D eigenvalue weighted by molar-refractivity contribution is 5.86. The number of hydrogen-bond acceptors (Lipinski definition) is 3. The second-order valence-corrected chi connectivity index (χ2v) is 5.81. The van der Waals surface area contributed by atoms with Crippen LogP contribution in [0, 0.1) is 5.41 Å². The molecule has 2 aliphatic rings. The van der Waals surface area contributed by atoms with Crippen molar-refractivity contribution in [2.45, 2.75) is 70.1 Å². The molecular weight excluding hydrogens is 230 g/mol. The molecule has 18 heavy (non-hydrogen) atoms.